The highest BCUT2D eigenvalue weighted by Gasteiger charge is 2.11. The van der Waals surface area contributed by atoms with Gasteiger partial charge >= 0.3 is 0 Å². The maximum Gasteiger partial charge on any atom is 0.252 e. The van der Waals surface area contributed by atoms with Crippen LogP contribution < -0.4 is 10.5 Å². The molecule has 0 spiro atoms. The Morgan fingerprint density at radius 2 is 1.95 bits per heavy atom. The van der Waals surface area contributed by atoms with Gasteiger partial charge in [0.25, 0.3) is 5.91 Å². The van der Waals surface area contributed by atoms with E-state index in [0.29, 0.717) is 17.1 Å². The van der Waals surface area contributed by atoms with Crippen LogP contribution in [-0.2, 0) is 0 Å². The molecule has 2 N–H and O–H groups in total. The van der Waals surface area contributed by atoms with Gasteiger partial charge in [-0.1, -0.05) is 28.1 Å². The molecular formula is C14H9BrN2O2. The number of rotatable bonds is 3. The van der Waals surface area contributed by atoms with E-state index in [2.05, 4.69) is 15.9 Å². The number of nitrogens with two attached hydrogens (primary N) is 1. The predicted molar refractivity (Wildman–Crippen MR) is 73.9 cm³/mol. The molecule has 0 aliphatic rings. The molecule has 4 nitrogen and oxygen atoms in total. The number of nitriles is 1. The second-order valence-electron chi connectivity index (χ2n) is 3.71. The van der Waals surface area contributed by atoms with Crippen molar-refractivity contribution >= 4 is 21.8 Å². The van der Waals surface area contributed by atoms with E-state index >= 15 is 0 Å². The summed E-state index contributed by atoms with van der Waals surface area (Å²) in [6.45, 7) is 0. The maximum atomic E-state index is 11.3. The molecule has 0 aliphatic heterocycles. The fourth-order valence-corrected chi connectivity index (χ4v) is 1.92. The normalized spacial score (nSPS) is 9.68. The minimum Gasteiger partial charge on any atom is -0.455 e. The summed E-state index contributed by atoms with van der Waals surface area (Å²) >= 11 is 3.28. The van der Waals surface area contributed by atoms with Crippen molar-refractivity contribution in [2.75, 3.05) is 0 Å². The summed E-state index contributed by atoms with van der Waals surface area (Å²) < 4.78 is 6.38. The van der Waals surface area contributed by atoms with Gasteiger partial charge in [0, 0.05) is 4.47 Å². The van der Waals surface area contributed by atoms with Crippen molar-refractivity contribution in [2.45, 2.75) is 0 Å². The Morgan fingerprint density at radius 1 is 1.21 bits per heavy atom. The molecule has 1 amide bonds. The molecule has 0 aliphatic carbocycles. The Morgan fingerprint density at radius 3 is 2.63 bits per heavy atom. The largest absolute Gasteiger partial charge is 0.455 e. The molecule has 5 heteroatoms. The zero-order chi connectivity index (χ0) is 13.8. The summed E-state index contributed by atoms with van der Waals surface area (Å²) in [5, 5.41) is 9.06. The van der Waals surface area contributed by atoms with E-state index in [1.165, 1.54) is 0 Å². The molecule has 2 aromatic carbocycles. The van der Waals surface area contributed by atoms with E-state index in [1.54, 1.807) is 42.5 Å². The summed E-state index contributed by atoms with van der Waals surface area (Å²) in [5.41, 5.74) is 5.91. The fraction of sp³-hybridized carbons (Fsp3) is 0. The van der Waals surface area contributed by atoms with Gasteiger partial charge in [-0.05, 0) is 30.3 Å². The highest BCUT2D eigenvalue weighted by Crippen LogP contribution is 2.29. The van der Waals surface area contributed by atoms with Crippen LogP contribution in [0.4, 0.5) is 0 Å². The van der Waals surface area contributed by atoms with Crippen molar-refractivity contribution in [3.63, 3.8) is 0 Å². The molecular weight excluding hydrogens is 308 g/mol. The molecule has 2 rings (SSSR count). The third kappa shape index (κ3) is 2.92. The second kappa shape index (κ2) is 5.55. The maximum absolute atomic E-state index is 11.3. The lowest BCUT2D eigenvalue weighted by atomic mass is 10.2. The minimum atomic E-state index is -0.578. The van der Waals surface area contributed by atoms with Crippen molar-refractivity contribution in [3.8, 4) is 17.6 Å². The Kier molecular flexibility index (Phi) is 3.83. The molecule has 0 radical (unpaired) electrons. The average molecular weight is 317 g/mol. The molecule has 0 saturated carbocycles. The quantitative estimate of drug-likeness (QED) is 0.944. The zero-order valence-electron chi connectivity index (χ0n) is 9.76. The van der Waals surface area contributed by atoms with E-state index in [-0.39, 0.29) is 5.56 Å². The number of hydrogen-bond donors (Lipinski definition) is 1. The molecule has 0 heterocycles. The molecule has 0 fully saturated rings. The highest BCUT2D eigenvalue weighted by molar-refractivity contribution is 9.10. The number of benzene rings is 2. The van der Waals surface area contributed by atoms with Crippen LogP contribution in [0.15, 0.2) is 46.9 Å². The van der Waals surface area contributed by atoms with Gasteiger partial charge in [0.2, 0.25) is 0 Å². The number of primary amides is 1. The molecule has 0 bridgehead atoms. The van der Waals surface area contributed by atoms with E-state index in [0.717, 1.165) is 4.47 Å². The Balaban J connectivity index is 2.43. The Labute approximate surface area is 118 Å². The SMILES string of the molecule is N#Cc1cc(Br)ccc1Oc1ccccc1C(N)=O. The van der Waals surface area contributed by atoms with Gasteiger partial charge in [-0.2, -0.15) is 5.26 Å². The number of para-hydroxylation sites is 1. The van der Waals surface area contributed by atoms with Gasteiger partial charge in [-0.15, -0.1) is 0 Å². The van der Waals surface area contributed by atoms with Crippen LogP contribution in [0.25, 0.3) is 0 Å². The monoisotopic (exact) mass is 316 g/mol. The van der Waals surface area contributed by atoms with Crippen LogP contribution in [0.2, 0.25) is 0 Å². The Hall–Kier alpha value is -2.32. The fourth-order valence-electron chi connectivity index (χ4n) is 1.56. The van der Waals surface area contributed by atoms with E-state index in [9.17, 15) is 4.79 Å². The van der Waals surface area contributed by atoms with Crippen molar-refractivity contribution in [2.24, 2.45) is 5.73 Å². The van der Waals surface area contributed by atoms with Crippen LogP contribution >= 0.6 is 15.9 Å². The van der Waals surface area contributed by atoms with Crippen LogP contribution in [0.3, 0.4) is 0 Å². The van der Waals surface area contributed by atoms with Crippen LogP contribution in [0.5, 0.6) is 11.5 Å². The van der Waals surface area contributed by atoms with Gasteiger partial charge in [-0.25, -0.2) is 0 Å². The molecule has 2 aromatic rings. The number of ether oxygens (including phenoxy) is 1. The van der Waals surface area contributed by atoms with Gasteiger partial charge in [-0.3, -0.25) is 4.79 Å². The van der Waals surface area contributed by atoms with E-state index < -0.39 is 5.91 Å². The topological polar surface area (TPSA) is 76.1 Å². The van der Waals surface area contributed by atoms with Crippen molar-refractivity contribution in [1.29, 1.82) is 5.26 Å². The lowest BCUT2D eigenvalue weighted by molar-refractivity contribution is 0.0998. The summed E-state index contributed by atoms with van der Waals surface area (Å²) in [6, 6.07) is 13.7. The van der Waals surface area contributed by atoms with Gasteiger partial charge in [0.05, 0.1) is 11.1 Å². The molecule has 94 valence electrons. The van der Waals surface area contributed by atoms with Crippen LogP contribution in [-0.4, -0.2) is 5.91 Å². The number of hydrogen-bond acceptors (Lipinski definition) is 3. The lowest BCUT2D eigenvalue weighted by Gasteiger charge is -2.10. The summed E-state index contributed by atoms with van der Waals surface area (Å²) in [5.74, 6) is 0.124. The zero-order valence-corrected chi connectivity index (χ0v) is 11.3. The number of carbonyl (C=O) groups excluding carboxylic acids is 1. The molecule has 19 heavy (non-hydrogen) atoms. The first kappa shape index (κ1) is 13.1. The van der Waals surface area contributed by atoms with Crippen molar-refractivity contribution in [1.82, 2.24) is 0 Å². The molecule has 0 atom stereocenters. The first-order chi connectivity index (χ1) is 9.11. The predicted octanol–water partition coefficient (Wildman–Crippen LogP) is 3.21. The van der Waals surface area contributed by atoms with E-state index in [4.69, 9.17) is 15.7 Å². The van der Waals surface area contributed by atoms with E-state index in [1.807, 2.05) is 6.07 Å². The summed E-state index contributed by atoms with van der Waals surface area (Å²) in [6.07, 6.45) is 0. The lowest BCUT2D eigenvalue weighted by Crippen LogP contribution is -2.12. The van der Waals surface area contributed by atoms with Crippen molar-refractivity contribution in [3.05, 3.63) is 58.1 Å². The first-order valence-electron chi connectivity index (χ1n) is 5.38. The standard InChI is InChI=1S/C14H9BrN2O2/c15-10-5-6-12(9(7-10)8-16)19-13-4-2-1-3-11(13)14(17)18/h1-7H,(H2,17,18). The third-order valence-corrected chi connectivity index (χ3v) is 2.93. The molecule has 0 unspecified atom stereocenters. The number of amides is 1. The summed E-state index contributed by atoms with van der Waals surface area (Å²) in [7, 11) is 0. The van der Waals surface area contributed by atoms with Gasteiger partial charge in [0.15, 0.2) is 0 Å². The third-order valence-electron chi connectivity index (χ3n) is 2.43. The summed E-state index contributed by atoms with van der Waals surface area (Å²) in [4.78, 5) is 11.3. The van der Waals surface area contributed by atoms with Crippen LogP contribution in [0.1, 0.15) is 15.9 Å². The minimum absolute atomic E-state index is 0.273. The molecule has 0 aromatic heterocycles. The van der Waals surface area contributed by atoms with Crippen molar-refractivity contribution < 1.29 is 9.53 Å². The van der Waals surface area contributed by atoms with Gasteiger partial charge < -0.3 is 10.5 Å². The van der Waals surface area contributed by atoms with Crippen LogP contribution in [0, 0.1) is 11.3 Å². The number of halogens is 1. The Bertz CT molecular complexity index is 677. The van der Waals surface area contributed by atoms with Gasteiger partial charge in [0.1, 0.15) is 17.6 Å². The molecule has 0 saturated heterocycles. The number of carbonyl (C=O) groups is 1. The smallest absolute Gasteiger partial charge is 0.252 e. The number of nitrogens with zero attached hydrogens (tertiary/aromatic N) is 1. The second-order valence-corrected chi connectivity index (χ2v) is 4.63. The average Bonchev–Trinajstić information content (AvgIpc) is 2.41. The highest BCUT2D eigenvalue weighted by atomic mass is 79.9. The first-order valence-corrected chi connectivity index (χ1v) is 6.17.